The van der Waals surface area contributed by atoms with Gasteiger partial charge in [-0.05, 0) is 51.0 Å². The van der Waals surface area contributed by atoms with Crippen molar-refractivity contribution in [3.8, 4) is 0 Å². The molecule has 0 aliphatic rings. The summed E-state index contributed by atoms with van der Waals surface area (Å²) in [6.07, 6.45) is -4.16. The van der Waals surface area contributed by atoms with Crippen LogP contribution in [0.1, 0.15) is 44.7 Å². The van der Waals surface area contributed by atoms with E-state index in [9.17, 15) is 22.8 Å². The Morgan fingerprint density at radius 3 is 2.34 bits per heavy atom. The summed E-state index contributed by atoms with van der Waals surface area (Å²) < 4.78 is 55.8. The van der Waals surface area contributed by atoms with Gasteiger partial charge < -0.3 is 24.4 Å². The minimum absolute atomic E-state index is 0.0126. The van der Waals surface area contributed by atoms with E-state index in [-0.39, 0.29) is 26.1 Å². The van der Waals surface area contributed by atoms with Crippen LogP contribution >= 0.6 is 0 Å². The Labute approximate surface area is 222 Å². The number of nitrogens with one attached hydrogen (secondary N) is 1. The van der Waals surface area contributed by atoms with E-state index in [2.05, 4.69) is 5.32 Å². The highest BCUT2D eigenvalue weighted by Crippen LogP contribution is 2.31. The number of ether oxygens (including phenoxy) is 3. The zero-order valence-corrected chi connectivity index (χ0v) is 22.3. The number of esters is 2. The van der Waals surface area contributed by atoms with Crippen LogP contribution in [0, 0.1) is 0 Å². The number of carbonyl (C=O) groups is 2. The van der Waals surface area contributed by atoms with Gasteiger partial charge in [-0.25, -0.2) is 0 Å². The van der Waals surface area contributed by atoms with Crippen molar-refractivity contribution >= 4 is 17.6 Å². The molecule has 2 rings (SSSR count). The number of carbonyl (C=O) groups excluding carboxylic acids is 2. The van der Waals surface area contributed by atoms with Crippen LogP contribution in [-0.2, 0) is 36.6 Å². The lowest BCUT2D eigenvalue weighted by Crippen LogP contribution is -2.43. The van der Waals surface area contributed by atoms with Gasteiger partial charge in [0, 0.05) is 31.9 Å². The molecular weight excluding hydrogens is 501 g/mol. The van der Waals surface area contributed by atoms with Crippen LogP contribution in [-0.4, -0.2) is 56.9 Å². The Morgan fingerprint density at radius 1 is 1.00 bits per heavy atom. The van der Waals surface area contributed by atoms with Crippen LogP contribution in [0.2, 0.25) is 0 Å². The number of methoxy groups -OCH3 is 1. The third-order valence-electron chi connectivity index (χ3n) is 5.47. The Morgan fingerprint density at radius 2 is 1.71 bits per heavy atom. The summed E-state index contributed by atoms with van der Waals surface area (Å²) in [5, 5.41) is 3.11. The number of benzene rings is 2. The highest BCUT2D eigenvalue weighted by molar-refractivity contribution is 5.75. The summed E-state index contributed by atoms with van der Waals surface area (Å²) in [5.74, 6) is -0.918. The Hall–Kier alpha value is -3.11. The molecule has 0 aliphatic carbocycles. The lowest BCUT2D eigenvalue weighted by molar-refractivity contribution is -0.154. The third-order valence-corrected chi connectivity index (χ3v) is 5.47. The second-order valence-electron chi connectivity index (χ2n) is 9.73. The minimum atomic E-state index is -4.50. The molecule has 0 amide bonds. The maximum Gasteiger partial charge on any atom is 0.416 e. The molecule has 0 fully saturated rings. The van der Waals surface area contributed by atoms with Gasteiger partial charge in [-0.1, -0.05) is 36.4 Å². The van der Waals surface area contributed by atoms with E-state index in [1.54, 1.807) is 31.7 Å². The van der Waals surface area contributed by atoms with Crippen molar-refractivity contribution in [3.05, 3.63) is 65.7 Å². The van der Waals surface area contributed by atoms with E-state index in [1.165, 1.54) is 13.2 Å². The molecule has 0 radical (unpaired) electrons. The molecule has 0 bridgehead atoms. The summed E-state index contributed by atoms with van der Waals surface area (Å²) >= 11 is 0. The summed E-state index contributed by atoms with van der Waals surface area (Å²) in [7, 11) is 1.29. The van der Waals surface area contributed by atoms with E-state index in [4.69, 9.17) is 14.2 Å². The molecule has 2 aromatic rings. The summed E-state index contributed by atoms with van der Waals surface area (Å²) in [6.45, 7) is 6.58. The van der Waals surface area contributed by atoms with Gasteiger partial charge in [-0.3, -0.25) is 9.59 Å². The lowest BCUT2D eigenvalue weighted by Gasteiger charge is -2.27. The predicted octanol–water partition coefficient (Wildman–Crippen LogP) is 4.98. The fourth-order valence-corrected chi connectivity index (χ4v) is 3.65. The van der Waals surface area contributed by atoms with Gasteiger partial charge in [0.25, 0.3) is 0 Å². The molecule has 10 heteroatoms. The lowest BCUT2D eigenvalue weighted by atomic mass is 10.1. The van der Waals surface area contributed by atoms with Crippen molar-refractivity contribution in [2.45, 2.75) is 58.0 Å². The van der Waals surface area contributed by atoms with Gasteiger partial charge in [0.15, 0.2) is 0 Å². The van der Waals surface area contributed by atoms with Crippen molar-refractivity contribution in [1.82, 2.24) is 5.32 Å². The molecule has 2 aromatic carbocycles. The van der Waals surface area contributed by atoms with Gasteiger partial charge >= 0.3 is 18.1 Å². The molecule has 0 spiro atoms. The fourth-order valence-electron chi connectivity index (χ4n) is 3.65. The van der Waals surface area contributed by atoms with E-state index in [1.807, 2.05) is 30.3 Å². The van der Waals surface area contributed by atoms with Crippen molar-refractivity contribution in [3.63, 3.8) is 0 Å². The monoisotopic (exact) mass is 538 g/mol. The van der Waals surface area contributed by atoms with Crippen molar-refractivity contribution in [1.29, 1.82) is 0 Å². The van der Waals surface area contributed by atoms with Crippen molar-refractivity contribution < 1.29 is 37.0 Å². The second kappa shape index (κ2) is 14.7. The van der Waals surface area contributed by atoms with Crippen LogP contribution in [0.15, 0.2) is 54.6 Å². The molecule has 1 unspecified atom stereocenters. The Kier molecular flexibility index (Phi) is 12.1. The molecule has 38 heavy (non-hydrogen) atoms. The largest absolute Gasteiger partial charge is 0.468 e. The zero-order chi connectivity index (χ0) is 28.2. The van der Waals surface area contributed by atoms with Crippen LogP contribution in [0.4, 0.5) is 18.9 Å². The van der Waals surface area contributed by atoms with Crippen LogP contribution in [0.3, 0.4) is 0 Å². The first-order valence-corrected chi connectivity index (χ1v) is 12.5. The third kappa shape index (κ3) is 11.5. The van der Waals surface area contributed by atoms with Crippen molar-refractivity contribution in [2.24, 2.45) is 0 Å². The van der Waals surface area contributed by atoms with Gasteiger partial charge in [0.2, 0.25) is 0 Å². The number of halogens is 3. The molecule has 0 heterocycles. The SMILES string of the molecule is COC(=O)C(CCOCc1ccccc1)NCCN(CCC(=O)OC(C)(C)C)c1cccc(C(F)(F)F)c1. The summed E-state index contributed by atoms with van der Waals surface area (Å²) in [4.78, 5) is 26.2. The maximum absolute atomic E-state index is 13.3. The summed E-state index contributed by atoms with van der Waals surface area (Å²) in [5.41, 5.74) is -0.133. The number of alkyl halides is 3. The summed E-state index contributed by atoms with van der Waals surface area (Å²) in [6, 6.07) is 13.9. The molecule has 210 valence electrons. The fraction of sp³-hybridized carbons (Fsp3) is 0.500. The second-order valence-corrected chi connectivity index (χ2v) is 9.73. The van der Waals surface area contributed by atoms with E-state index < -0.39 is 35.3 Å². The van der Waals surface area contributed by atoms with E-state index in [0.29, 0.717) is 25.3 Å². The molecule has 7 nitrogen and oxygen atoms in total. The van der Waals surface area contributed by atoms with E-state index in [0.717, 1.165) is 17.7 Å². The van der Waals surface area contributed by atoms with Gasteiger partial charge in [-0.2, -0.15) is 13.2 Å². The van der Waals surface area contributed by atoms with Gasteiger partial charge in [0.1, 0.15) is 11.6 Å². The predicted molar refractivity (Wildman–Crippen MR) is 139 cm³/mol. The molecule has 0 aromatic heterocycles. The highest BCUT2D eigenvalue weighted by Gasteiger charge is 2.31. The highest BCUT2D eigenvalue weighted by atomic mass is 19.4. The molecule has 1 atom stereocenters. The quantitative estimate of drug-likeness (QED) is 0.269. The van der Waals surface area contributed by atoms with E-state index >= 15 is 0 Å². The topological polar surface area (TPSA) is 77.1 Å². The first kappa shape index (κ1) is 31.1. The number of anilines is 1. The molecule has 0 saturated heterocycles. The normalized spacial score (nSPS) is 12.6. The number of nitrogens with zero attached hydrogens (tertiary/aromatic N) is 1. The smallest absolute Gasteiger partial charge is 0.416 e. The van der Waals surface area contributed by atoms with Gasteiger partial charge in [-0.15, -0.1) is 0 Å². The Bertz CT molecular complexity index is 1010. The zero-order valence-electron chi connectivity index (χ0n) is 22.3. The maximum atomic E-state index is 13.3. The number of hydrogen-bond acceptors (Lipinski definition) is 7. The molecule has 1 N–H and O–H groups in total. The Balaban J connectivity index is 2.01. The van der Waals surface area contributed by atoms with Crippen LogP contribution < -0.4 is 10.2 Å². The standard InChI is InChI=1S/C28H37F3N2O5/c1-27(2,3)38-25(34)13-16-33(23-12-8-11-22(19-23)28(29,30)31)17-15-32-24(26(35)36-4)14-18-37-20-21-9-6-5-7-10-21/h5-12,19,24,32H,13-18,20H2,1-4H3. The molecule has 0 aliphatic heterocycles. The number of hydrogen-bond donors (Lipinski definition) is 1. The van der Waals surface area contributed by atoms with Crippen LogP contribution in [0.5, 0.6) is 0 Å². The molecule has 0 saturated carbocycles. The number of rotatable bonds is 14. The van der Waals surface area contributed by atoms with Crippen molar-refractivity contribution in [2.75, 3.05) is 38.3 Å². The average molecular weight is 539 g/mol. The average Bonchev–Trinajstić information content (AvgIpc) is 2.86. The van der Waals surface area contributed by atoms with Crippen LogP contribution in [0.25, 0.3) is 0 Å². The minimum Gasteiger partial charge on any atom is -0.468 e. The molecular formula is C28H37F3N2O5. The first-order chi connectivity index (χ1) is 17.9. The first-order valence-electron chi connectivity index (χ1n) is 12.5. The van der Waals surface area contributed by atoms with Gasteiger partial charge in [0.05, 0.1) is 25.7 Å².